The van der Waals surface area contributed by atoms with Crippen molar-refractivity contribution in [3.63, 3.8) is 0 Å². The second kappa shape index (κ2) is 9.18. The summed E-state index contributed by atoms with van der Waals surface area (Å²) in [5.41, 5.74) is 3.02. The second-order valence-corrected chi connectivity index (χ2v) is 5.96. The van der Waals surface area contributed by atoms with Crippen LogP contribution in [-0.2, 0) is 9.59 Å². The average Bonchev–Trinajstić information content (AvgIpc) is 2.72. The van der Waals surface area contributed by atoms with E-state index < -0.39 is 11.8 Å². The lowest BCUT2D eigenvalue weighted by Crippen LogP contribution is -2.37. The fourth-order valence-electron chi connectivity index (χ4n) is 2.41. The van der Waals surface area contributed by atoms with Crippen molar-refractivity contribution in [1.29, 1.82) is 0 Å². The van der Waals surface area contributed by atoms with Crippen LogP contribution in [0.25, 0.3) is 10.8 Å². The van der Waals surface area contributed by atoms with Gasteiger partial charge >= 0.3 is 0 Å². The molecule has 0 saturated carbocycles. The van der Waals surface area contributed by atoms with E-state index in [2.05, 4.69) is 15.8 Å². The van der Waals surface area contributed by atoms with Crippen LogP contribution in [-0.4, -0.2) is 36.3 Å². The summed E-state index contributed by atoms with van der Waals surface area (Å²) in [7, 11) is 0. The number of hydrogen-bond donors (Lipinski definition) is 3. The molecule has 0 saturated heterocycles. The van der Waals surface area contributed by atoms with Gasteiger partial charge in [-0.2, -0.15) is 5.10 Å². The molecule has 0 aliphatic carbocycles. The SMILES string of the molecule is O=C(COc1ccc2ccccc2c1)NCC(=O)NN=Cc1ccc(O)cc1. The van der Waals surface area contributed by atoms with E-state index in [4.69, 9.17) is 4.74 Å². The minimum atomic E-state index is -0.464. The number of benzene rings is 3. The first-order chi connectivity index (χ1) is 13.6. The molecule has 7 nitrogen and oxygen atoms in total. The normalized spacial score (nSPS) is 10.7. The highest BCUT2D eigenvalue weighted by Crippen LogP contribution is 2.20. The standard InChI is InChI=1S/C21H19N3O4/c25-18-8-5-15(6-9-18)12-23-24-20(26)13-22-21(27)14-28-19-10-7-16-3-1-2-4-17(16)11-19/h1-12,25H,13-14H2,(H,22,27)(H,24,26). The number of carbonyl (C=O) groups is 2. The predicted octanol–water partition coefficient (Wildman–Crippen LogP) is 2.19. The van der Waals surface area contributed by atoms with Crippen LogP contribution in [0.15, 0.2) is 71.8 Å². The number of fused-ring (bicyclic) bond motifs is 1. The van der Waals surface area contributed by atoms with Gasteiger partial charge in [-0.3, -0.25) is 9.59 Å². The van der Waals surface area contributed by atoms with Gasteiger partial charge in [-0.05, 0) is 52.7 Å². The quantitative estimate of drug-likeness (QED) is 0.434. The molecule has 142 valence electrons. The number of hydrazone groups is 1. The predicted molar refractivity (Wildman–Crippen MR) is 106 cm³/mol. The average molecular weight is 377 g/mol. The van der Waals surface area contributed by atoms with E-state index in [1.165, 1.54) is 18.3 Å². The van der Waals surface area contributed by atoms with Gasteiger partial charge in [-0.25, -0.2) is 5.43 Å². The monoisotopic (exact) mass is 377 g/mol. The van der Waals surface area contributed by atoms with Crippen molar-refractivity contribution >= 4 is 28.8 Å². The van der Waals surface area contributed by atoms with Crippen molar-refractivity contribution in [3.8, 4) is 11.5 Å². The number of nitrogens with zero attached hydrogens (tertiary/aromatic N) is 1. The second-order valence-electron chi connectivity index (χ2n) is 5.96. The highest BCUT2D eigenvalue weighted by atomic mass is 16.5. The number of amides is 2. The zero-order valence-electron chi connectivity index (χ0n) is 15.0. The number of phenols is 1. The number of ether oxygens (including phenoxy) is 1. The van der Waals surface area contributed by atoms with Crippen LogP contribution in [0.5, 0.6) is 11.5 Å². The molecule has 0 fully saturated rings. The van der Waals surface area contributed by atoms with Crippen molar-refractivity contribution in [2.45, 2.75) is 0 Å². The molecule has 0 aliphatic rings. The van der Waals surface area contributed by atoms with Crippen molar-refractivity contribution < 1.29 is 19.4 Å². The summed E-state index contributed by atoms with van der Waals surface area (Å²) in [5.74, 6) is -0.147. The molecule has 0 heterocycles. The smallest absolute Gasteiger partial charge is 0.259 e. The summed E-state index contributed by atoms with van der Waals surface area (Å²) in [6, 6.07) is 19.7. The van der Waals surface area contributed by atoms with E-state index in [-0.39, 0.29) is 18.9 Å². The van der Waals surface area contributed by atoms with Crippen LogP contribution in [0.2, 0.25) is 0 Å². The van der Waals surface area contributed by atoms with Gasteiger partial charge in [0.05, 0.1) is 12.8 Å². The van der Waals surface area contributed by atoms with Gasteiger partial charge in [0.1, 0.15) is 11.5 Å². The number of nitrogens with one attached hydrogen (secondary N) is 2. The molecular formula is C21H19N3O4. The van der Waals surface area contributed by atoms with E-state index in [1.54, 1.807) is 18.2 Å². The Bertz CT molecular complexity index is 1000. The van der Waals surface area contributed by atoms with E-state index in [0.717, 1.165) is 10.8 Å². The first-order valence-electron chi connectivity index (χ1n) is 8.59. The van der Waals surface area contributed by atoms with Crippen LogP contribution in [0.1, 0.15) is 5.56 Å². The van der Waals surface area contributed by atoms with Crippen molar-refractivity contribution in [2.75, 3.05) is 13.2 Å². The van der Waals surface area contributed by atoms with Crippen LogP contribution >= 0.6 is 0 Å². The van der Waals surface area contributed by atoms with E-state index >= 15 is 0 Å². The summed E-state index contributed by atoms with van der Waals surface area (Å²) in [6.45, 7) is -0.408. The molecule has 0 bridgehead atoms. The fourth-order valence-corrected chi connectivity index (χ4v) is 2.41. The Labute approximate surface area is 161 Å². The number of aromatic hydroxyl groups is 1. The van der Waals surface area contributed by atoms with Gasteiger partial charge in [0.15, 0.2) is 6.61 Å². The Morgan fingerprint density at radius 1 is 0.964 bits per heavy atom. The summed E-state index contributed by atoms with van der Waals surface area (Å²) in [6.07, 6.45) is 1.43. The van der Waals surface area contributed by atoms with Gasteiger partial charge in [-0.1, -0.05) is 30.3 Å². The van der Waals surface area contributed by atoms with Crippen LogP contribution in [0.3, 0.4) is 0 Å². The minimum absolute atomic E-state index is 0.148. The number of phenolic OH excluding ortho intramolecular Hbond substituents is 1. The highest BCUT2D eigenvalue weighted by Gasteiger charge is 2.06. The number of carbonyl (C=O) groups excluding carboxylic acids is 2. The van der Waals surface area contributed by atoms with Gasteiger partial charge in [0.2, 0.25) is 0 Å². The first-order valence-corrected chi connectivity index (χ1v) is 8.59. The highest BCUT2D eigenvalue weighted by molar-refractivity contribution is 5.87. The molecule has 3 aromatic carbocycles. The Balaban J connectivity index is 1.39. The molecule has 28 heavy (non-hydrogen) atoms. The van der Waals surface area contributed by atoms with Gasteiger partial charge in [0.25, 0.3) is 11.8 Å². The van der Waals surface area contributed by atoms with Gasteiger partial charge < -0.3 is 15.2 Å². The summed E-state index contributed by atoms with van der Waals surface area (Å²) >= 11 is 0. The van der Waals surface area contributed by atoms with E-state index in [9.17, 15) is 14.7 Å². The Morgan fingerprint density at radius 2 is 1.71 bits per heavy atom. The molecule has 0 aromatic heterocycles. The van der Waals surface area contributed by atoms with Crippen LogP contribution < -0.4 is 15.5 Å². The zero-order chi connectivity index (χ0) is 19.8. The zero-order valence-corrected chi connectivity index (χ0v) is 15.0. The molecule has 3 rings (SSSR count). The van der Waals surface area contributed by atoms with Crippen molar-refractivity contribution in [1.82, 2.24) is 10.7 Å². The molecule has 0 radical (unpaired) electrons. The van der Waals surface area contributed by atoms with Gasteiger partial charge in [-0.15, -0.1) is 0 Å². The Hall–Kier alpha value is -3.87. The van der Waals surface area contributed by atoms with E-state index in [1.807, 2.05) is 36.4 Å². The first kappa shape index (κ1) is 18.9. The number of rotatable bonds is 7. The molecule has 0 atom stereocenters. The maximum Gasteiger partial charge on any atom is 0.259 e. The Morgan fingerprint density at radius 3 is 2.50 bits per heavy atom. The molecule has 0 unspecified atom stereocenters. The third-order valence-corrected chi connectivity index (χ3v) is 3.83. The minimum Gasteiger partial charge on any atom is -0.508 e. The lowest BCUT2D eigenvalue weighted by molar-refractivity contribution is -0.127. The molecule has 2 amide bonds. The largest absolute Gasteiger partial charge is 0.508 e. The van der Waals surface area contributed by atoms with E-state index in [0.29, 0.717) is 11.3 Å². The summed E-state index contributed by atoms with van der Waals surface area (Å²) < 4.78 is 5.46. The molecule has 0 aliphatic heterocycles. The van der Waals surface area contributed by atoms with Gasteiger partial charge in [0, 0.05) is 0 Å². The topological polar surface area (TPSA) is 100 Å². The maximum atomic E-state index is 11.8. The summed E-state index contributed by atoms with van der Waals surface area (Å²) in [4.78, 5) is 23.5. The molecule has 3 N–H and O–H groups in total. The lowest BCUT2D eigenvalue weighted by atomic mass is 10.1. The third-order valence-electron chi connectivity index (χ3n) is 3.83. The van der Waals surface area contributed by atoms with Crippen molar-refractivity contribution in [3.05, 3.63) is 72.3 Å². The van der Waals surface area contributed by atoms with Crippen molar-refractivity contribution in [2.24, 2.45) is 5.10 Å². The lowest BCUT2D eigenvalue weighted by Gasteiger charge is -2.08. The molecule has 3 aromatic rings. The molecular weight excluding hydrogens is 358 g/mol. The fraction of sp³-hybridized carbons (Fsp3) is 0.0952. The number of hydrogen-bond acceptors (Lipinski definition) is 5. The van der Waals surface area contributed by atoms with Crippen LogP contribution in [0, 0.1) is 0 Å². The Kier molecular flexibility index (Phi) is 6.20. The maximum absolute atomic E-state index is 11.8. The summed E-state index contributed by atoms with van der Waals surface area (Å²) in [5, 5.41) is 17.5. The molecule has 0 spiro atoms. The third kappa shape index (κ3) is 5.57. The molecule has 7 heteroatoms. The van der Waals surface area contributed by atoms with Crippen LogP contribution in [0.4, 0.5) is 0 Å².